The van der Waals surface area contributed by atoms with Gasteiger partial charge in [0.1, 0.15) is 5.82 Å². The van der Waals surface area contributed by atoms with Crippen LogP contribution in [0.25, 0.3) is 0 Å². The van der Waals surface area contributed by atoms with Crippen LogP contribution in [0.2, 0.25) is 0 Å². The Balaban J connectivity index is 1.52. The van der Waals surface area contributed by atoms with E-state index in [1.54, 1.807) is 6.07 Å². The van der Waals surface area contributed by atoms with Crippen molar-refractivity contribution in [3.63, 3.8) is 0 Å². The van der Waals surface area contributed by atoms with Gasteiger partial charge in [-0.25, -0.2) is 4.39 Å². The molecule has 21 heavy (non-hydrogen) atoms. The van der Waals surface area contributed by atoms with Crippen LogP contribution in [0.15, 0.2) is 18.2 Å². The third-order valence-electron chi connectivity index (χ3n) is 5.33. The molecule has 0 aromatic heterocycles. The summed E-state index contributed by atoms with van der Waals surface area (Å²) in [5.41, 5.74) is 1.85. The van der Waals surface area contributed by atoms with Crippen LogP contribution in [0.5, 0.6) is 0 Å². The summed E-state index contributed by atoms with van der Waals surface area (Å²) < 4.78 is 14.5. The summed E-state index contributed by atoms with van der Waals surface area (Å²) >= 11 is 0. The average Bonchev–Trinajstić information content (AvgIpc) is 3.18. The second-order valence-corrected chi connectivity index (χ2v) is 6.61. The molecule has 1 aromatic carbocycles. The molecule has 0 aliphatic carbocycles. The van der Waals surface area contributed by atoms with Crippen molar-refractivity contribution in [2.45, 2.75) is 31.7 Å². The van der Waals surface area contributed by atoms with E-state index in [-0.39, 0.29) is 5.82 Å². The number of nitrogens with zero attached hydrogens (tertiary/aromatic N) is 3. The first-order valence-corrected chi connectivity index (χ1v) is 8.35. The minimum atomic E-state index is -0.0501. The SMILES string of the molecule is Fc1cc(N2CCCC2)ccc1N1CCN2CCCC2C1. The molecular formula is C17H24FN3. The number of hydrogen-bond donors (Lipinski definition) is 0. The standard InChI is InChI=1S/C17H24FN3/c18-16-12-14(19-7-1-2-8-19)5-6-17(16)21-11-10-20-9-3-4-15(20)13-21/h5-6,12,15H,1-4,7-11,13H2. The Morgan fingerprint density at radius 2 is 1.76 bits per heavy atom. The maximum Gasteiger partial charge on any atom is 0.148 e. The monoisotopic (exact) mass is 289 g/mol. The van der Waals surface area contributed by atoms with Gasteiger partial charge in [0.25, 0.3) is 0 Å². The van der Waals surface area contributed by atoms with Crippen molar-refractivity contribution in [1.29, 1.82) is 0 Å². The minimum Gasteiger partial charge on any atom is -0.371 e. The highest BCUT2D eigenvalue weighted by Crippen LogP contribution is 2.30. The molecule has 4 heteroatoms. The number of benzene rings is 1. The van der Waals surface area contributed by atoms with E-state index >= 15 is 0 Å². The molecular weight excluding hydrogens is 265 g/mol. The van der Waals surface area contributed by atoms with E-state index < -0.39 is 0 Å². The Hall–Kier alpha value is -1.29. The third-order valence-corrected chi connectivity index (χ3v) is 5.33. The molecule has 3 fully saturated rings. The molecule has 0 radical (unpaired) electrons. The fourth-order valence-electron chi connectivity index (χ4n) is 4.13. The fourth-order valence-corrected chi connectivity index (χ4v) is 4.13. The molecule has 3 saturated heterocycles. The molecule has 1 unspecified atom stereocenters. The first-order valence-electron chi connectivity index (χ1n) is 8.35. The lowest BCUT2D eigenvalue weighted by Crippen LogP contribution is -2.50. The van der Waals surface area contributed by atoms with E-state index in [4.69, 9.17) is 0 Å². The van der Waals surface area contributed by atoms with Gasteiger partial charge in [0.05, 0.1) is 5.69 Å². The molecule has 4 rings (SSSR count). The first-order chi connectivity index (χ1) is 10.3. The van der Waals surface area contributed by atoms with Crippen LogP contribution in [0, 0.1) is 5.82 Å². The number of piperazine rings is 1. The number of hydrogen-bond acceptors (Lipinski definition) is 3. The Morgan fingerprint density at radius 3 is 2.57 bits per heavy atom. The highest BCUT2D eigenvalue weighted by atomic mass is 19.1. The third kappa shape index (κ3) is 2.50. The molecule has 0 N–H and O–H groups in total. The van der Waals surface area contributed by atoms with Crippen LogP contribution < -0.4 is 9.80 Å². The molecule has 3 nitrogen and oxygen atoms in total. The number of halogens is 1. The average molecular weight is 289 g/mol. The van der Waals surface area contributed by atoms with Gasteiger partial charge in [-0.1, -0.05) is 0 Å². The van der Waals surface area contributed by atoms with Gasteiger partial charge >= 0.3 is 0 Å². The van der Waals surface area contributed by atoms with Crippen LogP contribution >= 0.6 is 0 Å². The Labute approximate surface area is 126 Å². The zero-order valence-electron chi connectivity index (χ0n) is 12.6. The summed E-state index contributed by atoms with van der Waals surface area (Å²) in [5.74, 6) is -0.0501. The van der Waals surface area contributed by atoms with E-state index in [0.717, 1.165) is 44.1 Å². The van der Waals surface area contributed by atoms with Gasteiger partial charge in [0, 0.05) is 44.5 Å². The second-order valence-electron chi connectivity index (χ2n) is 6.61. The Morgan fingerprint density at radius 1 is 0.905 bits per heavy atom. The lowest BCUT2D eigenvalue weighted by molar-refractivity contribution is 0.230. The van der Waals surface area contributed by atoms with E-state index in [2.05, 4.69) is 20.8 Å². The Kier molecular flexibility index (Phi) is 3.49. The zero-order valence-corrected chi connectivity index (χ0v) is 12.6. The molecule has 114 valence electrons. The lowest BCUT2D eigenvalue weighted by atomic mass is 10.1. The van der Waals surface area contributed by atoms with Crippen molar-refractivity contribution >= 4 is 11.4 Å². The van der Waals surface area contributed by atoms with Gasteiger partial charge in [-0.05, 0) is 50.4 Å². The number of fused-ring (bicyclic) bond motifs is 1. The van der Waals surface area contributed by atoms with Crippen molar-refractivity contribution in [3.05, 3.63) is 24.0 Å². The van der Waals surface area contributed by atoms with Crippen molar-refractivity contribution in [3.8, 4) is 0 Å². The van der Waals surface area contributed by atoms with Gasteiger partial charge < -0.3 is 9.80 Å². The summed E-state index contributed by atoms with van der Waals surface area (Å²) in [6.07, 6.45) is 5.03. The van der Waals surface area contributed by atoms with Gasteiger partial charge in [0.2, 0.25) is 0 Å². The molecule has 0 spiro atoms. The van der Waals surface area contributed by atoms with Crippen LogP contribution in [0.4, 0.5) is 15.8 Å². The van der Waals surface area contributed by atoms with Crippen molar-refractivity contribution in [1.82, 2.24) is 4.90 Å². The second kappa shape index (κ2) is 5.48. The first kappa shape index (κ1) is 13.4. The van der Waals surface area contributed by atoms with Crippen LogP contribution in [0.1, 0.15) is 25.7 Å². The van der Waals surface area contributed by atoms with Crippen LogP contribution in [0.3, 0.4) is 0 Å². The van der Waals surface area contributed by atoms with Crippen molar-refractivity contribution in [2.75, 3.05) is 49.1 Å². The van der Waals surface area contributed by atoms with Gasteiger partial charge in [0.15, 0.2) is 0 Å². The van der Waals surface area contributed by atoms with Crippen molar-refractivity contribution < 1.29 is 4.39 Å². The summed E-state index contributed by atoms with van der Waals surface area (Å²) in [4.78, 5) is 7.10. The lowest BCUT2D eigenvalue weighted by Gasteiger charge is -2.39. The van der Waals surface area contributed by atoms with Crippen LogP contribution in [-0.2, 0) is 0 Å². The molecule has 0 bridgehead atoms. The molecule has 1 aromatic rings. The van der Waals surface area contributed by atoms with Gasteiger partial charge in [-0.3, -0.25) is 4.90 Å². The largest absolute Gasteiger partial charge is 0.371 e. The topological polar surface area (TPSA) is 9.72 Å². The molecule has 0 saturated carbocycles. The fraction of sp³-hybridized carbons (Fsp3) is 0.647. The summed E-state index contributed by atoms with van der Waals surface area (Å²) in [7, 11) is 0. The molecule has 3 heterocycles. The summed E-state index contributed by atoms with van der Waals surface area (Å²) in [5, 5.41) is 0. The normalized spacial score (nSPS) is 26.4. The predicted molar refractivity (Wildman–Crippen MR) is 84.7 cm³/mol. The van der Waals surface area contributed by atoms with Gasteiger partial charge in [-0.15, -0.1) is 0 Å². The maximum absolute atomic E-state index is 14.5. The highest BCUT2D eigenvalue weighted by molar-refractivity contribution is 5.58. The highest BCUT2D eigenvalue weighted by Gasteiger charge is 2.31. The van der Waals surface area contributed by atoms with Gasteiger partial charge in [-0.2, -0.15) is 0 Å². The molecule has 3 aliphatic heterocycles. The predicted octanol–water partition coefficient (Wildman–Crippen LogP) is 2.71. The molecule has 3 aliphatic rings. The van der Waals surface area contributed by atoms with E-state index in [9.17, 15) is 4.39 Å². The number of rotatable bonds is 2. The van der Waals surface area contributed by atoms with Crippen molar-refractivity contribution in [2.24, 2.45) is 0 Å². The van der Waals surface area contributed by atoms with E-state index in [1.165, 1.54) is 32.2 Å². The van der Waals surface area contributed by atoms with E-state index in [1.807, 2.05) is 6.07 Å². The molecule has 0 amide bonds. The van der Waals surface area contributed by atoms with E-state index in [0.29, 0.717) is 6.04 Å². The van der Waals surface area contributed by atoms with Crippen LogP contribution in [-0.4, -0.2) is 50.2 Å². The molecule has 1 atom stereocenters. The summed E-state index contributed by atoms with van der Waals surface area (Å²) in [6.45, 7) is 6.39. The number of anilines is 2. The minimum absolute atomic E-state index is 0.0501. The Bertz CT molecular complexity index is 513. The maximum atomic E-state index is 14.5. The summed E-state index contributed by atoms with van der Waals surface area (Å²) in [6, 6.07) is 6.47. The zero-order chi connectivity index (χ0) is 14.2. The quantitative estimate of drug-likeness (QED) is 0.829. The smallest absolute Gasteiger partial charge is 0.148 e.